The second-order valence-electron chi connectivity index (χ2n) is 7.66. The molecule has 1 aliphatic carbocycles. The summed E-state index contributed by atoms with van der Waals surface area (Å²) in [5.74, 6) is 0.713. The molecule has 1 aliphatic rings. The molecule has 3 aromatic rings. The number of aromatic nitrogens is 1. The largest absolute Gasteiger partial charge is 0.256 e. The minimum Gasteiger partial charge on any atom is -0.256 e. The number of pyridine rings is 1. The van der Waals surface area contributed by atoms with Crippen LogP contribution in [0.3, 0.4) is 0 Å². The molecule has 1 heterocycles. The van der Waals surface area contributed by atoms with E-state index >= 15 is 0 Å². The van der Waals surface area contributed by atoms with Gasteiger partial charge in [-0.25, -0.2) is 0 Å². The molecule has 1 aromatic heterocycles. The summed E-state index contributed by atoms with van der Waals surface area (Å²) in [6, 6.07) is 19.7. The van der Waals surface area contributed by atoms with Gasteiger partial charge in [-0.2, -0.15) is 0 Å². The minimum atomic E-state index is 0.713. The number of aryl methyl sites for hydroxylation is 2. The highest BCUT2D eigenvalue weighted by atomic mass is 14.7. The van der Waals surface area contributed by atoms with Gasteiger partial charge in [0.25, 0.3) is 0 Å². The first kappa shape index (κ1) is 17.0. The SMILES string of the molecule is Cc1ccc(-c2cc(C3CCCCC3)c(C)cn2)cc1-c1ccccc1. The zero-order valence-electron chi connectivity index (χ0n) is 15.8. The van der Waals surface area contributed by atoms with Crippen molar-refractivity contribution >= 4 is 0 Å². The molecule has 1 fully saturated rings. The lowest BCUT2D eigenvalue weighted by atomic mass is 9.82. The first-order valence-electron chi connectivity index (χ1n) is 9.85. The van der Waals surface area contributed by atoms with E-state index in [-0.39, 0.29) is 0 Å². The third-order valence-corrected chi connectivity index (χ3v) is 5.81. The molecule has 0 atom stereocenters. The van der Waals surface area contributed by atoms with E-state index in [0.717, 1.165) is 5.69 Å². The Balaban J connectivity index is 1.74. The van der Waals surface area contributed by atoms with Gasteiger partial charge in [0.1, 0.15) is 0 Å². The van der Waals surface area contributed by atoms with E-state index in [2.05, 4.69) is 74.6 Å². The highest BCUT2D eigenvalue weighted by Gasteiger charge is 2.18. The van der Waals surface area contributed by atoms with Crippen molar-refractivity contribution in [3.63, 3.8) is 0 Å². The fraction of sp³-hybridized carbons (Fsp3) is 0.320. The predicted molar refractivity (Wildman–Crippen MR) is 110 cm³/mol. The van der Waals surface area contributed by atoms with E-state index in [1.807, 2.05) is 0 Å². The Bertz CT molecular complexity index is 889. The average molecular weight is 341 g/mol. The molecule has 1 heteroatoms. The van der Waals surface area contributed by atoms with Crippen molar-refractivity contribution in [2.45, 2.75) is 51.9 Å². The lowest BCUT2D eigenvalue weighted by Gasteiger charge is -2.24. The van der Waals surface area contributed by atoms with Crippen LogP contribution >= 0.6 is 0 Å². The van der Waals surface area contributed by atoms with Gasteiger partial charge in [-0.1, -0.05) is 61.7 Å². The smallest absolute Gasteiger partial charge is 0.0705 e. The maximum Gasteiger partial charge on any atom is 0.0705 e. The van der Waals surface area contributed by atoms with E-state index in [9.17, 15) is 0 Å². The molecule has 0 spiro atoms. The lowest BCUT2D eigenvalue weighted by molar-refractivity contribution is 0.442. The second-order valence-corrected chi connectivity index (χ2v) is 7.66. The van der Waals surface area contributed by atoms with Crippen LogP contribution < -0.4 is 0 Å². The molecule has 132 valence electrons. The van der Waals surface area contributed by atoms with E-state index in [1.54, 1.807) is 0 Å². The zero-order valence-corrected chi connectivity index (χ0v) is 15.8. The summed E-state index contributed by atoms with van der Waals surface area (Å²) in [7, 11) is 0. The molecule has 1 nitrogen and oxygen atoms in total. The third-order valence-electron chi connectivity index (χ3n) is 5.81. The lowest BCUT2D eigenvalue weighted by Crippen LogP contribution is -2.07. The maximum atomic E-state index is 4.77. The van der Waals surface area contributed by atoms with Gasteiger partial charge in [-0.05, 0) is 72.6 Å². The minimum absolute atomic E-state index is 0.713. The number of hydrogen-bond acceptors (Lipinski definition) is 1. The second kappa shape index (κ2) is 7.45. The van der Waals surface area contributed by atoms with Gasteiger partial charge in [-0.15, -0.1) is 0 Å². The molecule has 26 heavy (non-hydrogen) atoms. The summed E-state index contributed by atoms with van der Waals surface area (Å²) in [6.45, 7) is 4.40. The Morgan fingerprint density at radius 2 is 1.54 bits per heavy atom. The monoisotopic (exact) mass is 341 g/mol. The van der Waals surface area contributed by atoms with Crippen LogP contribution in [0.25, 0.3) is 22.4 Å². The Labute approximate surface area is 157 Å². The molecular formula is C25H27N. The standard InChI is InChI=1S/C25H27N/c1-18-13-14-22(15-23(18)20-9-5-3-6-10-20)25-16-24(19(2)17-26-25)21-11-7-4-8-12-21/h3,5-6,9-10,13-17,21H,4,7-8,11-12H2,1-2H3. The van der Waals surface area contributed by atoms with Crippen molar-refractivity contribution < 1.29 is 0 Å². The predicted octanol–water partition coefficient (Wildman–Crippen LogP) is 7.08. The summed E-state index contributed by atoms with van der Waals surface area (Å²) in [6.07, 6.45) is 8.85. The van der Waals surface area contributed by atoms with Gasteiger partial charge >= 0.3 is 0 Å². The number of benzene rings is 2. The van der Waals surface area contributed by atoms with E-state index < -0.39 is 0 Å². The molecule has 0 aliphatic heterocycles. The first-order chi connectivity index (χ1) is 12.7. The topological polar surface area (TPSA) is 12.9 Å². The Kier molecular flexibility index (Phi) is 4.88. The van der Waals surface area contributed by atoms with Crippen molar-refractivity contribution in [1.82, 2.24) is 4.98 Å². The molecular weight excluding hydrogens is 314 g/mol. The van der Waals surface area contributed by atoms with Crippen molar-refractivity contribution in [2.75, 3.05) is 0 Å². The molecule has 4 rings (SSSR count). The summed E-state index contributed by atoms with van der Waals surface area (Å²) < 4.78 is 0. The molecule has 2 aromatic carbocycles. The van der Waals surface area contributed by atoms with Crippen molar-refractivity contribution in [3.05, 3.63) is 77.5 Å². The summed E-state index contributed by atoms with van der Waals surface area (Å²) in [5.41, 5.74) is 9.04. The third kappa shape index (κ3) is 3.44. The van der Waals surface area contributed by atoms with Crippen LogP contribution in [0.15, 0.2) is 60.8 Å². The fourth-order valence-corrected chi connectivity index (χ4v) is 4.26. The molecule has 0 N–H and O–H groups in total. The molecule has 0 radical (unpaired) electrons. The summed E-state index contributed by atoms with van der Waals surface area (Å²) in [4.78, 5) is 4.77. The maximum absolute atomic E-state index is 4.77. The quantitative estimate of drug-likeness (QED) is 0.496. The Morgan fingerprint density at radius 1 is 0.769 bits per heavy atom. The number of rotatable bonds is 3. The van der Waals surface area contributed by atoms with Gasteiger partial charge in [0.2, 0.25) is 0 Å². The van der Waals surface area contributed by atoms with Gasteiger partial charge < -0.3 is 0 Å². The van der Waals surface area contributed by atoms with Gasteiger partial charge in [0.15, 0.2) is 0 Å². The Morgan fingerprint density at radius 3 is 2.31 bits per heavy atom. The number of nitrogens with zero attached hydrogens (tertiary/aromatic N) is 1. The normalized spacial score (nSPS) is 15.2. The van der Waals surface area contributed by atoms with Crippen LogP contribution in [0.1, 0.15) is 54.7 Å². The summed E-state index contributed by atoms with van der Waals surface area (Å²) >= 11 is 0. The highest BCUT2D eigenvalue weighted by molar-refractivity contribution is 5.74. The Hall–Kier alpha value is -2.41. The van der Waals surface area contributed by atoms with Crippen molar-refractivity contribution in [2.24, 2.45) is 0 Å². The fourth-order valence-electron chi connectivity index (χ4n) is 4.26. The zero-order chi connectivity index (χ0) is 17.9. The molecule has 0 bridgehead atoms. The van der Waals surface area contributed by atoms with Gasteiger partial charge in [0, 0.05) is 11.8 Å². The van der Waals surface area contributed by atoms with Crippen LogP contribution in [0.4, 0.5) is 0 Å². The van der Waals surface area contributed by atoms with Crippen LogP contribution in [0, 0.1) is 13.8 Å². The number of hydrogen-bond donors (Lipinski definition) is 0. The van der Waals surface area contributed by atoms with E-state index in [0.29, 0.717) is 5.92 Å². The first-order valence-corrected chi connectivity index (χ1v) is 9.85. The highest BCUT2D eigenvalue weighted by Crippen LogP contribution is 2.36. The molecule has 1 saturated carbocycles. The molecule has 0 amide bonds. The van der Waals surface area contributed by atoms with E-state index in [4.69, 9.17) is 4.98 Å². The molecule has 0 saturated heterocycles. The van der Waals surface area contributed by atoms with Crippen LogP contribution in [0.2, 0.25) is 0 Å². The summed E-state index contributed by atoms with van der Waals surface area (Å²) in [5, 5.41) is 0. The van der Waals surface area contributed by atoms with Crippen molar-refractivity contribution in [1.29, 1.82) is 0 Å². The van der Waals surface area contributed by atoms with Crippen LogP contribution in [0.5, 0.6) is 0 Å². The average Bonchev–Trinajstić information content (AvgIpc) is 2.70. The van der Waals surface area contributed by atoms with Crippen molar-refractivity contribution in [3.8, 4) is 22.4 Å². The van der Waals surface area contributed by atoms with Crippen LogP contribution in [-0.2, 0) is 0 Å². The van der Waals surface area contributed by atoms with Gasteiger partial charge in [0.05, 0.1) is 5.69 Å². The van der Waals surface area contributed by atoms with E-state index in [1.165, 1.54) is 65.5 Å². The molecule has 0 unspecified atom stereocenters. The van der Waals surface area contributed by atoms with Gasteiger partial charge in [-0.3, -0.25) is 4.98 Å². The van der Waals surface area contributed by atoms with Crippen LogP contribution in [-0.4, -0.2) is 4.98 Å².